The molecule has 0 radical (unpaired) electrons. The van der Waals surface area contributed by atoms with Gasteiger partial charge in [-0.1, -0.05) is 23.5 Å². The van der Waals surface area contributed by atoms with Gasteiger partial charge >= 0.3 is 4.87 Å². The SMILES string of the molecule is Cc1c(C(=O)NCc2ccc(F)cc2)sc(=O)n1C. The minimum atomic E-state index is -0.313. The molecule has 2 aromatic rings. The highest BCUT2D eigenvalue weighted by atomic mass is 32.1. The van der Waals surface area contributed by atoms with E-state index >= 15 is 0 Å². The lowest BCUT2D eigenvalue weighted by atomic mass is 10.2. The Morgan fingerprint density at radius 3 is 2.53 bits per heavy atom. The number of amides is 1. The standard InChI is InChI=1S/C13H13FN2O2S/c1-8-11(19-13(18)16(8)2)12(17)15-7-9-3-5-10(14)6-4-9/h3-6H,7H2,1-2H3,(H,15,17). The van der Waals surface area contributed by atoms with E-state index < -0.39 is 0 Å². The molecule has 0 saturated carbocycles. The van der Waals surface area contributed by atoms with Crippen molar-refractivity contribution in [2.45, 2.75) is 13.5 Å². The van der Waals surface area contributed by atoms with Gasteiger partial charge in [-0.25, -0.2) is 4.39 Å². The topological polar surface area (TPSA) is 51.1 Å². The van der Waals surface area contributed by atoms with E-state index in [0.717, 1.165) is 16.9 Å². The molecule has 1 N–H and O–H groups in total. The Kier molecular flexibility index (Phi) is 3.80. The molecular weight excluding hydrogens is 267 g/mol. The second kappa shape index (κ2) is 5.36. The fourth-order valence-corrected chi connectivity index (χ4v) is 2.49. The van der Waals surface area contributed by atoms with Crippen molar-refractivity contribution in [3.8, 4) is 0 Å². The average molecular weight is 280 g/mol. The van der Waals surface area contributed by atoms with Crippen LogP contribution in [-0.4, -0.2) is 10.5 Å². The molecule has 1 aromatic carbocycles. The molecule has 6 heteroatoms. The summed E-state index contributed by atoms with van der Waals surface area (Å²) in [4.78, 5) is 23.6. The van der Waals surface area contributed by atoms with Crippen LogP contribution in [0.25, 0.3) is 0 Å². The van der Waals surface area contributed by atoms with Crippen molar-refractivity contribution >= 4 is 17.2 Å². The monoisotopic (exact) mass is 280 g/mol. The summed E-state index contributed by atoms with van der Waals surface area (Å²) < 4.78 is 14.2. The second-order valence-corrected chi connectivity index (χ2v) is 5.11. The highest BCUT2D eigenvalue weighted by Gasteiger charge is 2.15. The summed E-state index contributed by atoms with van der Waals surface area (Å²) in [6.07, 6.45) is 0. The number of hydrogen-bond donors (Lipinski definition) is 1. The van der Waals surface area contributed by atoms with Crippen LogP contribution in [0.1, 0.15) is 20.9 Å². The van der Waals surface area contributed by atoms with Gasteiger partial charge in [0.2, 0.25) is 0 Å². The van der Waals surface area contributed by atoms with Gasteiger partial charge in [-0.2, -0.15) is 0 Å². The molecule has 1 aromatic heterocycles. The van der Waals surface area contributed by atoms with Gasteiger partial charge in [0.1, 0.15) is 10.7 Å². The number of hydrogen-bond acceptors (Lipinski definition) is 3. The Morgan fingerprint density at radius 2 is 2.00 bits per heavy atom. The van der Waals surface area contributed by atoms with E-state index in [1.807, 2.05) is 0 Å². The van der Waals surface area contributed by atoms with E-state index in [1.165, 1.54) is 16.7 Å². The van der Waals surface area contributed by atoms with Crippen molar-refractivity contribution in [2.24, 2.45) is 7.05 Å². The summed E-state index contributed by atoms with van der Waals surface area (Å²) in [7, 11) is 1.63. The Bertz CT molecular complexity index is 658. The fourth-order valence-electron chi connectivity index (χ4n) is 1.59. The van der Waals surface area contributed by atoms with E-state index in [0.29, 0.717) is 17.1 Å². The lowest BCUT2D eigenvalue weighted by Crippen LogP contribution is -2.22. The third kappa shape index (κ3) is 2.90. The molecule has 0 saturated heterocycles. The molecule has 19 heavy (non-hydrogen) atoms. The fraction of sp³-hybridized carbons (Fsp3) is 0.231. The lowest BCUT2D eigenvalue weighted by molar-refractivity contribution is 0.0954. The van der Waals surface area contributed by atoms with Crippen molar-refractivity contribution in [2.75, 3.05) is 0 Å². The van der Waals surface area contributed by atoms with E-state index in [1.54, 1.807) is 26.1 Å². The van der Waals surface area contributed by atoms with Gasteiger partial charge in [0.15, 0.2) is 0 Å². The minimum Gasteiger partial charge on any atom is -0.347 e. The van der Waals surface area contributed by atoms with Crippen LogP contribution in [0, 0.1) is 12.7 Å². The summed E-state index contributed by atoms with van der Waals surface area (Å²) in [5, 5.41) is 2.71. The zero-order chi connectivity index (χ0) is 14.0. The number of nitrogens with one attached hydrogen (secondary N) is 1. The van der Waals surface area contributed by atoms with Crippen molar-refractivity contribution in [3.05, 3.63) is 55.9 Å². The molecule has 4 nitrogen and oxygen atoms in total. The molecule has 0 unspecified atom stereocenters. The summed E-state index contributed by atoms with van der Waals surface area (Å²) in [6.45, 7) is 2.03. The molecule has 0 spiro atoms. The summed E-state index contributed by atoms with van der Waals surface area (Å²) in [5.41, 5.74) is 1.45. The third-order valence-electron chi connectivity index (χ3n) is 2.87. The Hall–Kier alpha value is -1.95. The van der Waals surface area contributed by atoms with Gasteiger partial charge in [-0.05, 0) is 24.6 Å². The Balaban J connectivity index is 2.07. The first-order chi connectivity index (χ1) is 8.99. The molecule has 0 atom stereocenters. The van der Waals surface area contributed by atoms with Crippen LogP contribution in [0.4, 0.5) is 4.39 Å². The first-order valence-corrected chi connectivity index (χ1v) is 6.49. The molecule has 1 heterocycles. The predicted octanol–water partition coefficient (Wildman–Crippen LogP) is 1.82. The highest BCUT2D eigenvalue weighted by Crippen LogP contribution is 2.10. The van der Waals surface area contributed by atoms with Gasteiger partial charge in [0, 0.05) is 19.3 Å². The number of nitrogens with zero attached hydrogens (tertiary/aromatic N) is 1. The van der Waals surface area contributed by atoms with Crippen LogP contribution < -0.4 is 10.2 Å². The van der Waals surface area contributed by atoms with Gasteiger partial charge in [0.25, 0.3) is 5.91 Å². The van der Waals surface area contributed by atoms with Crippen molar-refractivity contribution < 1.29 is 9.18 Å². The van der Waals surface area contributed by atoms with Gasteiger partial charge in [-0.15, -0.1) is 0 Å². The van der Waals surface area contributed by atoms with Crippen LogP contribution in [0.2, 0.25) is 0 Å². The largest absolute Gasteiger partial charge is 0.347 e. The molecule has 1 amide bonds. The number of rotatable bonds is 3. The number of thiazole rings is 1. The Labute approximate surface area is 113 Å². The van der Waals surface area contributed by atoms with E-state index in [-0.39, 0.29) is 16.6 Å². The number of benzene rings is 1. The maximum absolute atomic E-state index is 12.7. The van der Waals surface area contributed by atoms with E-state index in [2.05, 4.69) is 5.32 Å². The van der Waals surface area contributed by atoms with Gasteiger partial charge in [-0.3, -0.25) is 9.59 Å². The van der Waals surface area contributed by atoms with Crippen LogP contribution in [0.5, 0.6) is 0 Å². The van der Waals surface area contributed by atoms with Crippen LogP contribution >= 0.6 is 11.3 Å². The molecule has 2 rings (SSSR count). The predicted molar refractivity (Wildman–Crippen MR) is 71.9 cm³/mol. The van der Waals surface area contributed by atoms with Gasteiger partial charge < -0.3 is 9.88 Å². The van der Waals surface area contributed by atoms with E-state index in [9.17, 15) is 14.0 Å². The first kappa shape index (κ1) is 13.5. The third-order valence-corrected chi connectivity index (χ3v) is 4.00. The summed E-state index contributed by atoms with van der Waals surface area (Å²) >= 11 is 0.922. The molecule has 100 valence electrons. The van der Waals surface area contributed by atoms with Gasteiger partial charge in [0.05, 0.1) is 0 Å². The molecule has 0 aliphatic heterocycles. The summed E-state index contributed by atoms with van der Waals surface area (Å²) in [5.74, 6) is -0.600. The van der Waals surface area contributed by atoms with Crippen LogP contribution in [-0.2, 0) is 13.6 Å². The zero-order valence-corrected chi connectivity index (χ0v) is 11.4. The Morgan fingerprint density at radius 1 is 1.37 bits per heavy atom. The molecular formula is C13H13FN2O2S. The maximum Gasteiger partial charge on any atom is 0.307 e. The van der Waals surface area contributed by atoms with Crippen molar-refractivity contribution in [3.63, 3.8) is 0 Å². The smallest absolute Gasteiger partial charge is 0.307 e. The summed E-state index contributed by atoms with van der Waals surface area (Å²) in [6, 6.07) is 5.90. The van der Waals surface area contributed by atoms with Crippen molar-refractivity contribution in [1.82, 2.24) is 9.88 Å². The number of aromatic nitrogens is 1. The highest BCUT2D eigenvalue weighted by molar-refractivity contribution is 7.11. The first-order valence-electron chi connectivity index (χ1n) is 5.68. The number of carbonyl (C=O) groups excluding carboxylic acids is 1. The quantitative estimate of drug-likeness (QED) is 0.932. The van der Waals surface area contributed by atoms with Crippen molar-refractivity contribution in [1.29, 1.82) is 0 Å². The minimum absolute atomic E-state index is 0.163. The van der Waals surface area contributed by atoms with Crippen LogP contribution in [0.3, 0.4) is 0 Å². The normalized spacial score (nSPS) is 10.5. The zero-order valence-electron chi connectivity index (χ0n) is 10.6. The lowest BCUT2D eigenvalue weighted by Gasteiger charge is -2.04. The maximum atomic E-state index is 12.7. The molecule has 0 aliphatic carbocycles. The number of carbonyl (C=O) groups is 1. The second-order valence-electron chi connectivity index (χ2n) is 4.15. The molecule has 0 bridgehead atoms. The van der Waals surface area contributed by atoms with E-state index in [4.69, 9.17) is 0 Å². The van der Waals surface area contributed by atoms with Crippen LogP contribution in [0.15, 0.2) is 29.1 Å². The number of halogens is 1. The molecule has 0 aliphatic rings. The average Bonchev–Trinajstić information content (AvgIpc) is 2.65. The molecule has 0 fully saturated rings.